The van der Waals surface area contributed by atoms with E-state index in [1.807, 2.05) is 17.5 Å². The molecule has 0 aromatic carbocycles. The minimum atomic E-state index is 0.326. The second kappa shape index (κ2) is 9.51. The molecule has 0 radical (unpaired) electrons. The smallest absolute Gasteiger partial charge is 0.131 e. The van der Waals surface area contributed by atoms with Crippen molar-refractivity contribution in [1.82, 2.24) is 9.88 Å². The summed E-state index contributed by atoms with van der Waals surface area (Å²) >= 11 is 1.87. The van der Waals surface area contributed by atoms with Gasteiger partial charge in [0.25, 0.3) is 0 Å². The highest BCUT2D eigenvalue weighted by atomic mass is 32.1. The molecule has 164 valence electrons. The van der Waals surface area contributed by atoms with Crippen LogP contribution in [0.5, 0.6) is 5.75 Å². The third-order valence-corrected chi connectivity index (χ3v) is 8.28. The molecule has 3 aliphatic rings. The first-order valence-electron chi connectivity index (χ1n) is 11.8. The topological polar surface area (TPSA) is 43.8 Å². The summed E-state index contributed by atoms with van der Waals surface area (Å²) in [4.78, 5) is 9.99. The van der Waals surface area contributed by atoms with Gasteiger partial charge in [0.2, 0.25) is 0 Å². The summed E-state index contributed by atoms with van der Waals surface area (Å²) in [6, 6.07) is 2.81. The SMILES string of the molecule is CCOCC[C@H]1CCc2sc3nccc(OC4CCC(N5CCOCC5)CC4)c3c21. The molecule has 0 unspecified atom stereocenters. The molecule has 0 spiro atoms. The number of rotatable bonds is 7. The molecule has 3 heterocycles. The summed E-state index contributed by atoms with van der Waals surface area (Å²) < 4.78 is 17.8. The predicted octanol–water partition coefficient (Wildman–Crippen LogP) is 4.77. The Morgan fingerprint density at radius 1 is 1.17 bits per heavy atom. The molecule has 0 bridgehead atoms. The van der Waals surface area contributed by atoms with Crippen molar-refractivity contribution in [1.29, 1.82) is 0 Å². The molecule has 5 nitrogen and oxygen atoms in total. The maximum Gasteiger partial charge on any atom is 0.131 e. The van der Waals surface area contributed by atoms with Gasteiger partial charge in [0.05, 0.1) is 24.7 Å². The van der Waals surface area contributed by atoms with Crippen LogP contribution >= 0.6 is 11.3 Å². The van der Waals surface area contributed by atoms with Crippen molar-refractivity contribution in [3.8, 4) is 5.75 Å². The van der Waals surface area contributed by atoms with Crippen molar-refractivity contribution < 1.29 is 14.2 Å². The van der Waals surface area contributed by atoms with Gasteiger partial charge in [0.1, 0.15) is 10.6 Å². The standard InChI is InChI=1S/C24H34N2O3S/c1-2-27-14-10-17-3-8-21-22(17)23-20(9-11-25-24(23)30-21)29-19-6-4-18(5-7-19)26-12-15-28-16-13-26/h9,11,17-19H,2-8,10,12-16H2,1H3/t17-,18?,19?/m1/s1. The monoisotopic (exact) mass is 430 g/mol. The number of hydrogen-bond acceptors (Lipinski definition) is 6. The van der Waals surface area contributed by atoms with Gasteiger partial charge < -0.3 is 14.2 Å². The minimum Gasteiger partial charge on any atom is -0.490 e. The molecule has 0 amide bonds. The molecule has 1 saturated carbocycles. The molecule has 1 saturated heterocycles. The molecule has 2 aromatic rings. The van der Waals surface area contributed by atoms with E-state index in [1.165, 1.54) is 41.5 Å². The molecule has 30 heavy (non-hydrogen) atoms. The zero-order valence-corrected chi connectivity index (χ0v) is 18.9. The molecule has 6 heteroatoms. The molecule has 1 aliphatic heterocycles. The Morgan fingerprint density at radius 2 is 2.00 bits per heavy atom. The van der Waals surface area contributed by atoms with Crippen LogP contribution in [-0.4, -0.2) is 61.5 Å². The number of fused-ring (bicyclic) bond motifs is 3. The van der Waals surface area contributed by atoms with E-state index in [9.17, 15) is 0 Å². The summed E-state index contributed by atoms with van der Waals surface area (Å²) in [5.74, 6) is 1.65. The lowest BCUT2D eigenvalue weighted by atomic mass is 9.91. The number of pyridine rings is 1. The van der Waals surface area contributed by atoms with Gasteiger partial charge in [0.15, 0.2) is 0 Å². The first kappa shape index (κ1) is 20.7. The number of aromatic nitrogens is 1. The summed E-state index contributed by atoms with van der Waals surface area (Å²) in [6.45, 7) is 7.67. The molecule has 0 N–H and O–H groups in total. The second-order valence-corrected chi connectivity index (χ2v) is 9.93. The van der Waals surface area contributed by atoms with Crippen LogP contribution in [0.2, 0.25) is 0 Å². The highest BCUT2D eigenvalue weighted by Crippen LogP contribution is 2.48. The van der Waals surface area contributed by atoms with Crippen LogP contribution in [-0.2, 0) is 15.9 Å². The van der Waals surface area contributed by atoms with E-state index in [0.29, 0.717) is 18.1 Å². The minimum absolute atomic E-state index is 0.326. The van der Waals surface area contributed by atoms with Crippen LogP contribution in [0.25, 0.3) is 10.2 Å². The average Bonchev–Trinajstić information content (AvgIpc) is 3.35. The first-order valence-corrected chi connectivity index (χ1v) is 12.6. The fourth-order valence-corrected chi connectivity index (χ4v) is 6.79. The normalized spacial score (nSPS) is 27.4. The van der Waals surface area contributed by atoms with Crippen LogP contribution in [0, 0.1) is 0 Å². The lowest BCUT2D eigenvalue weighted by Gasteiger charge is -2.38. The fraction of sp³-hybridized carbons (Fsp3) is 0.708. The predicted molar refractivity (Wildman–Crippen MR) is 121 cm³/mol. The Labute approximate surface area is 183 Å². The third-order valence-electron chi connectivity index (χ3n) is 7.11. The van der Waals surface area contributed by atoms with Crippen LogP contribution in [0.4, 0.5) is 0 Å². The van der Waals surface area contributed by atoms with Crippen molar-refractivity contribution in [3.05, 3.63) is 22.7 Å². The van der Waals surface area contributed by atoms with Gasteiger partial charge in [0, 0.05) is 43.4 Å². The van der Waals surface area contributed by atoms with Gasteiger partial charge in [-0.1, -0.05) is 0 Å². The maximum absolute atomic E-state index is 6.65. The van der Waals surface area contributed by atoms with Crippen LogP contribution in [0.15, 0.2) is 12.3 Å². The molecule has 5 rings (SSSR count). The molecular formula is C24H34N2O3S. The van der Waals surface area contributed by atoms with Gasteiger partial charge in [-0.05, 0) is 69.4 Å². The first-order chi connectivity index (χ1) is 14.8. The van der Waals surface area contributed by atoms with E-state index >= 15 is 0 Å². The van der Waals surface area contributed by atoms with Gasteiger partial charge >= 0.3 is 0 Å². The molecule has 2 aliphatic carbocycles. The van der Waals surface area contributed by atoms with Gasteiger partial charge in [-0.25, -0.2) is 4.98 Å². The van der Waals surface area contributed by atoms with Crippen LogP contribution in [0.3, 0.4) is 0 Å². The number of aryl methyl sites for hydroxylation is 1. The van der Waals surface area contributed by atoms with Crippen LogP contribution in [0.1, 0.15) is 61.8 Å². The Bertz CT molecular complexity index is 840. The Hall–Kier alpha value is -1.21. The number of nitrogens with zero attached hydrogens (tertiary/aromatic N) is 2. The zero-order valence-electron chi connectivity index (χ0n) is 18.1. The van der Waals surface area contributed by atoms with Crippen molar-refractivity contribution >= 4 is 21.6 Å². The number of morpholine rings is 1. The van der Waals surface area contributed by atoms with Crippen molar-refractivity contribution in [2.45, 2.75) is 69.9 Å². The number of hydrogen-bond donors (Lipinski definition) is 0. The second-order valence-electron chi connectivity index (χ2n) is 8.85. The quantitative estimate of drug-likeness (QED) is 0.592. The maximum atomic E-state index is 6.65. The Morgan fingerprint density at radius 3 is 2.80 bits per heavy atom. The molecular weight excluding hydrogens is 396 g/mol. The lowest BCUT2D eigenvalue weighted by Crippen LogP contribution is -2.46. The summed E-state index contributed by atoms with van der Waals surface area (Å²) in [5, 5.41) is 1.30. The van der Waals surface area contributed by atoms with E-state index in [0.717, 1.165) is 69.4 Å². The Kier molecular flexibility index (Phi) is 6.56. The molecule has 2 fully saturated rings. The fourth-order valence-electron chi connectivity index (χ4n) is 5.54. The van der Waals surface area contributed by atoms with Crippen LogP contribution < -0.4 is 4.74 Å². The highest BCUT2D eigenvalue weighted by molar-refractivity contribution is 7.19. The summed E-state index contributed by atoms with van der Waals surface area (Å²) in [6.07, 6.45) is 10.5. The average molecular weight is 431 g/mol. The lowest BCUT2D eigenvalue weighted by molar-refractivity contribution is -0.000920. The van der Waals surface area contributed by atoms with E-state index in [-0.39, 0.29) is 0 Å². The van der Waals surface area contributed by atoms with E-state index in [4.69, 9.17) is 19.2 Å². The van der Waals surface area contributed by atoms with E-state index in [1.54, 1.807) is 0 Å². The number of ether oxygens (including phenoxy) is 3. The van der Waals surface area contributed by atoms with Crippen molar-refractivity contribution in [2.24, 2.45) is 0 Å². The van der Waals surface area contributed by atoms with E-state index < -0.39 is 0 Å². The van der Waals surface area contributed by atoms with Crippen molar-refractivity contribution in [3.63, 3.8) is 0 Å². The number of thiophene rings is 1. The van der Waals surface area contributed by atoms with Crippen molar-refractivity contribution in [2.75, 3.05) is 39.5 Å². The Balaban J connectivity index is 1.28. The molecule has 2 aromatic heterocycles. The van der Waals surface area contributed by atoms with Gasteiger partial charge in [-0.2, -0.15) is 0 Å². The third kappa shape index (κ3) is 4.24. The summed E-state index contributed by atoms with van der Waals surface area (Å²) in [5.41, 5.74) is 1.51. The van der Waals surface area contributed by atoms with Gasteiger partial charge in [-0.3, -0.25) is 4.90 Å². The molecule has 1 atom stereocenters. The summed E-state index contributed by atoms with van der Waals surface area (Å²) in [7, 11) is 0. The zero-order chi connectivity index (χ0) is 20.3. The largest absolute Gasteiger partial charge is 0.490 e. The van der Waals surface area contributed by atoms with E-state index in [2.05, 4.69) is 17.9 Å². The van der Waals surface area contributed by atoms with Gasteiger partial charge in [-0.15, -0.1) is 11.3 Å². The highest BCUT2D eigenvalue weighted by Gasteiger charge is 2.31.